The van der Waals surface area contributed by atoms with E-state index >= 15 is 0 Å². The molecule has 64 valence electrons. The molecule has 1 rings (SSSR count). The maximum Gasteiger partial charge on any atom is 0.307 e. The molecular weight excluding hydrogens is 180 g/mol. The highest BCUT2D eigenvalue weighted by Gasteiger charge is 2.05. The first-order valence-corrected chi connectivity index (χ1v) is 3.66. The summed E-state index contributed by atoms with van der Waals surface area (Å²) < 4.78 is 0. The van der Waals surface area contributed by atoms with Crippen LogP contribution in [0.25, 0.3) is 0 Å². The van der Waals surface area contributed by atoms with Gasteiger partial charge in [-0.2, -0.15) is 0 Å². The molecule has 0 heterocycles. The molecule has 2 N–H and O–H groups in total. The Kier molecular flexibility index (Phi) is 2.55. The van der Waals surface area contributed by atoms with Crippen molar-refractivity contribution in [3.05, 3.63) is 28.8 Å². The second-order valence-corrected chi connectivity index (χ2v) is 2.75. The third kappa shape index (κ3) is 2.13. The van der Waals surface area contributed by atoms with Crippen LogP contribution in [0, 0.1) is 0 Å². The average Bonchev–Trinajstić information content (AvgIpc) is 1.94. The molecule has 1 aromatic carbocycles. The van der Waals surface area contributed by atoms with E-state index in [-0.39, 0.29) is 17.2 Å². The molecule has 3 nitrogen and oxygen atoms in total. The molecule has 0 aliphatic heterocycles. The largest absolute Gasteiger partial charge is 0.508 e. The number of phenols is 1. The minimum Gasteiger partial charge on any atom is -0.508 e. The van der Waals surface area contributed by atoms with Crippen molar-refractivity contribution >= 4 is 17.6 Å². The van der Waals surface area contributed by atoms with Gasteiger partial charge in [-0.3, -0.25) is 4.79 Å². The number of carbonyl (C=O) groups is 1. The number of carboxylic acid groups (broad SMARTS) is 1. The van der Waals surface area contributed by atoms with Crippen molar-refractivity contribution in [2.75, 3.05) is 0 Å². The van der Waals surface area contributed by atoms with Gasteiger partial charge < -0.3 is 10.2 Å². The average molecular weight is 187 g/mol. The van der Waals surface area contributed by atoms with E-state index < -0.39 is 5.97 Å². The Labute approximate surface area is 74.2 Å². The van der Waals surface area contributed by atoms with Crippen LogP contribution < -0.4 is 0 Å². The first kappa shape index (κ1) is 8.87. The normalized spacial score (nSPS) is 9.75. The Morgan fingerprint density at radius 1 is 1.50 bits per heavy atom. The van der Waals surface area contributed by atoms with E-state index in [1.807, 2.05) is 0 Å². The maximum absolute atomic E-state index is 10.3. The minimum absolute atomic E-state index is 0.0362. The molecule has 0 unspecified atom stereocenters. The van der Waals surface area contributed by atoms with Crippen LogP contribution in [0.2, 0.25) is 5.02 Å². The lowest BCUT2D eigenvalue weighted by atomic mass is 10.1. The van der Waals surface area contributed by atoms with E-state index in [1.165, 1.54) is 18.2 Å². The van der Waals surface area contributed by atoms with Crippen LogP contribution in [-0.2, 0) is 11.2 Å². The highest BCUT2D eigenvalue weighted by molar-refractivity contribution is 6.31. The summed E-state index contributed by atoms with van der Waals surface area (Å²) in [4.78, 5) is 10.3. The zero-order chi connectivity index (χ0) is 9.14. The van der Waals surface area contributed by atoms with Gasteiger partial charge >= 0.3 is 5.97 Å². The molecule has 0 fully saturated rings. The standard InChI is InChI=1S/C8H7ClO3/c9-7-4-6(10)2-1-5(7)3-8(11)12/h1-2,4,10H,3H2,(H,11,12). The number of benzene rings is 1. The van der Waals surface area contributed by atoms with Crippen LogP contribution in [0.1, 0.15) is 5.56 Å². The fourth-order valence-corrected chi connectivity index (χ4v) is 1.08. The van der Waals surface area contributed by atoms with Gasteiger partial charge in [0.15, 0.2) is 0 Å². The first-order chi connectivity index (χ1) is 5.59. The Bertz CT molecular complexity index is 309. The molecule has 0 amide bonds. The van der Waals surface area contributed by atoms with Crippen LogP contribution in [-0.4, -0.2) is 16.2 Å². The third-order valence-corrected chi connectivity index (χ3v) is 1.73. The number of rotatable bonds is 2. The third-order valence-electron chi connectivity index (χ3n) is 1.38. The van der Waals surface area contributed by atoms with Gasteiger partial charge in [0.05, 0.1) is 6.42 Å². The summed E-state index contributed by atoms with van der Waals surface area (Å²) in [6.07, 6.45) is -0.126. The number of halogens is 1. The Morgan fingerprint density at radius 2 is 2.17 bits per heavy atom. The molecule has 0 aliphatic rings. The van der Waals surface area contributed by atoms with Crippen LogP contribution in [0.4, 0.5) is 0 Å². The van der Waals surface area contributed by atoms with Crippen LogP contribution >= 0.6 is 11.6 Å². The number of hydrogen-bond donors (Lipinski definition) is 2. The summed E-state index contributed by atoms with van der Waals surface area (Å²) in [7, 11) is 0. The smallest absolute Gasteiger partial charge is 0.307 e. The number of aromatic hydroxyl groups is 1. The fraction of sp³-hybridized carbons (Fsp3) is 0.125. The number of carboxylic acids is 1. The lowest BCUT2D eigenvalue weighted by Crippen LogP contribution is -2.00. The summed E-state index contributed by atoms with van der Waals surface area (Å²) in [5, 5.41) is 17.7. The van der Waals surface area contributed by atoms with Crippen LogP contribution in [0.3, 0.4) is 0 Å². The molecule has 12 heavy (non-hydrogen) atoms. The molecule has 0 aromatic heterocycles. The molecule has 0 radical (unpaired) electrons. The molecule has 0 saturated heterocycles. The highest BCUT2D eigenvalue weighted by Crippen LogP contribution is 2.21. The summed E-state index contributed by atoms with van der Waals surface area (Å²) >= 11 is 5.65. The molecule has 4 heteroatoms. The van der Waals surface area contributed by atoms with Gasteiger partial charge in [-0.25, -0.2) is 0 Å². The van der Waals surface area contributed by atoms with Crippen molar-refractivity contribution in [2.24, 2.45) is 0 Å². The second kappa shape index (κ2) is 3.45. The van der Waals surface area contributed by atoms with Crippen molar-refractivity contribution in [2.45, 2.75) is 6.42 Å². The van der Waals surface area contributed by atoms with E-state index in [9.17, 15) is 4.79 Å². The Balaban J connectivity index is 2.93. The van der Waals surface area contributed by atoms with Gasteiger partial charge in [-0.15, -0.1) is 0 Å². The molecule has 1 aromatic rings. The van der Waals surface area contributed by atoms with Gasteiger partial charge in [-0.1, -0.05) is 17.7 Å². The molecule has 0 atom stereocenters. The van der Waals surface area contributed by atoms with Crippen LogP contribution in [0.5, 0.6) is 5.75 Å². The van der Waals surface area contributed by atoms with Gasteiger partial charge in [0.1, 0.15) is 5.75 Å². The summed E-state index contributed by atoms with van der Waals surface area (Å²) in [6, 6.07) is 4.22. The lowest BCUT2D eigenvalue weighted by Gasteiger charge is -2.00. The highest BCUT2D eigenvalue weighted by atomic mass is 35.5. The van der Waals surface area contributed by atoms with E-state index in [4.69, 9.17) is 21.8 Å². The second-order valence-electron chi connectivity index (χ2n) is 2.35. The topological polar surface area (TPSA) is 57.5 Å². The number of hydrogen-bond acceptors (Lipinski definition) is 2. The van der Waals surface area contributed by atoms with Crippen LogP contribution in [0.15, 0.2) is 18.2 Å². The van der Waals surface area contributed by atoms with Crippen molar-refractivity contribution in [3.63, 3.8) is 0 Å². The minimum atomic E-state index is -0.942. The Morgan fingerprint density at radius 3 is 2.67 bits per heavy atom. The first-order valence-electron chi connectivity index (χ1n) is 3.29. The van der Waals surface area contributed by atoms with E-state index in [2.05, 4.69) is 0 Å². The van der Waals surface area contributed by atoms with Crippen molar-refractivity contribution < 1.29 is 15.0 Å². The fourth-order valence-electron chi connectivity index (χ4n) is 0.843. The lowest BCUT2D eigenvalue weighted by molar-refractivity contribution is -0.136. The van der Waals surface area contributed by atoms with E-state index in [1.54, 1.807) is 0 Å². The summed E-state index contributed by atoms with van der Waals surface area (Å²) in [5.74, 6) is -0.906. The van der Waals surface area contributed by atoms with Gasteiger partial charge in [-0.05, 0) is 17.7 Å². The van der Waals surface area contributed by atoms with Crippen molar-refractivity contribution in [1.82, 2.24) is 0 Å². The quantitative estimate of drug-likeness (QED) is 0.739. The zero-order valence-electron chi connectivity index (χ0n) is 6.12. The van der Waals surface area contributed by atoms with Gasteiger partial charge in [0.2, 0.25) is 0 Å². The molecule has 0 saturated carbocycles. The molecular formula is C8H7ClO3. The SMILES string of the molecule is O=C(O)Cc1ccc(O)cc1Cl. The number of aliphatic carboxylic acids is 1. The zero-order valence-corrected chi connectivity index (χ0v) is 6.88. The van der Waals surface area contributed by atoms with E-state index in [0.29, 0.717) is 5.56 Å². The molecule has 0 spiro atoms. The van der Waals surface area contributed by atoms with E-state index in [0.717, 1.165) is 0 Å². The predicted molar refractivity (Wildman–Crippen MR) is 44.5 cm³/mol. The molecule has 0 aliphatic carbocycles. The maximum atomic E-state index is 10.3. The number of phenolic OH excluding ortho intramolecular Hbond substituents is 1. The molecule has 0 bridgehead atoms. The monoisotopic (exact) mass is 186 g/mol. The summed E-state index contributed by atoms with van der Waals surface area (Å²) in [6.45, 7) is 0. The predicted octanol–water partition coefficient (Wildman–Crippen LogP) is 1.67. The van der Waals surface area contributed by atoms with Crippen molar-refractivity contribution in [1.29, 1.82) is 0 Å². The Hall–Kier alpha value is -1.22. The van der Waals surface area contributed by atoms with Gasteiger partial charge in [0, 0.05) is 5.02 Å². The summed E-state index contributed by atoms with van der Waals surface area (Å²) in [5.41, 5.74) is 0.502. The van der Waals surface area contributed by atoms with Crippen molar-refractivity contribution in [3.8, 4) is 5.75 Å². The van der Waals surface area contributed by atoms with Gasteiger partial charge in [0.25, 0.3) is 0 Å².